The quantitative estimate of drug-likeness (QED) is 0.0388. The molecule has 5 aliphatic rings. The minimum absolute atomic E-state index is 0.0227. The van der Waals surface area contributed by atoms with Crippen LogP contribution >= 0.6 is 0 Å². The number of aliphatic hydroxyl groups excluding tert-OH is 5. The number of carbonyl (C=O) groups is 4. The molecule has 5 amide bonds. The highest BCUT2D eigenvalue weighted by Crippen LogP contribution is 2.40. The number of carbonyl (C=O) groups excluding carboxylic acids is 4. The molecule has 3 saturated heterocycles. The zero-order valence-corrected chi connectivity index (χ0v) is 36.2. The molecule has 352 valence electrons. The van der Waals surface area contributed by atoms with Gasteiger partial charge in [0.2, 0.25) is 11.8 Å². The Morgan fingerprint density at radius 2 is 1.53 bits per heavy atom. The molecule has 2 aliphatic carbocycles. The van der Waals surface area contributed by atoms with Crippen molar-refractivity contribution in [3.63, 3.8) is 0 Å². The summed E-state index contributed by atoms with van der Waals surface area (Å²) in [6.45, 7) is 6.12. The molecule has 0 spiro atoms. The molecule has 10 N–H and O–H groups in total. The van der Waals surface area contributed by atoms with Crippen LogP contribution in [0.15, 0.2) is 0 Å². The summed E-state index contributed by atoms with van der Waals surface area (Å²) in [6, 6.07) is 0.611. The van der Waals surface area contributed by atoms with Crippen LogP contribution in [0.25, 0.3) is 0 Å². The Labute approximate surface area is 363 Å². The van der Waals surface area contributed by atoms with Gasteiger partial charge in [-0.1, -0.05) is 51.9 Å². The van der Waals surface area contributed by atoms with Crippen molar-refractivity contribution in [2.24, 2.45) is 17.8 Å². The molecule has 2 saturated carbocycles. The number of terminal acetylenes is 1. The summed E-state index contributed by atoms with van der Waals surface area (Å²) in [6.07, 6.45) is -3.01. The molecule has 5 rings (SSSR count). The number of aliphatic hydroxyl groups is 5. The molecule has 20 nitrogen and oxygen atoms in total. The van der Waals surface area contributed by atoms with Gasteiger partial charge in [0.05, 0.1) is 24.9 Å². The third kappa shape index (κ3) is 13.1. The SMILES string of the molecule is C#CNCCNC(=O)NCCNC(=O)[C@@H]1C[C@H](CC)[C@@H](O[C@@H]2O[C@@H](C)[C@@H](O)[C@@H](O)[C@@H]2O)[C@H](O[C@@H]2O[C@H](CO)[C@H](O)[C@H](O[C@@H](CC3CCCCC3)C(=O)N3CCC3)[C@H]2NC(C)=O)C1. The smallest absolute Gasteiger partial charge is 0.314 e. The average Bonchev–Trinajstić information content (AvgIpc) is 3.23. The summed E-state index contributed by atoms with van der Waals surface area (Å²) in [7, 11) is 0. The highest BCUT2D eigenvalue weighted by Gasteiger charge is 2.53. The number of ether oxygens (including phenoxy) is 5. The van der Waals surface area contributed by atoms with E-state index in [0.29, 0.717) is 45.4 Å². The van der Waals surface area contributed by atoms with E-state index in [4.69, 9.17) is 30.1 Å². The van der Waals surface area contributed by atoms with E-state index in [1.165, 1.54) is 13.8 Å². The van der Waals surface area contributed by atoms with Crippen molar-refractivity contribution < 1.29 is 68.4 Å². The molecule has 0 bridgehead atoms. The number of nitrogens with one attached hydrogen (secondary N) is 5. The normalized spacial score (nSPS) is 35.7. The van der Waals surface area contributed by atoms with Gasteiger partial charge in [-0.15, -0.1) is 0 Å². The zero-order valence-electron chi connectivity index (χ0n) is 36.2. The molecule has 62 heavy (non-hydrogen) atoms. The fourth-order valence-corrected chi connectivity index (χ4v) is 9.20. The van der Waals surface area contributed by atoms with Crippen LogP contribution in [0.4, 0.5) is 4.79 Å². The third-order valence-corrected chi connectivity index (χ3v) is 12.8. The highest BCUT2D eigenvalue weighted by molar-refractivity contribution is 5.81. The summed E-state index contributed by atoms with van der Waals surface area (Å²) in [5.74, 6) is -1.91. The third-order valence-electron chi connectivity index (χ3n) is 12.8. The molecule has 0 unspecified atom stereocenters. The van der Waals surface area contributed by atoms with E-state index in [1.54, 1.807) is 4.90 Å². The van der Waals surface area contributed by atoms with E-state index < -0.39 is 110 Å². The van der Waals surface area contributed by atoms with Gasteiger partial charge in [0.15, 0.2) is 12.6 Å². The number of nitrogens with zero attached hydrogens (tertiary/aromatic N) is 1. The summed E-state index contributed by atoms with van der Waals surface area (Å²) in [4.78, 5) is 54.5. The van der Waals surface area contributed by atoms with Crippen molar-refractivity contribution in [1.29, 1.82) is 0 Å². The maximum absolute atomic E-state index is 13.9. The maximum atomic E-state index is 13.9. The van der Waals surface area contributed by atoms with Gasteiger partial charge in [-0.25, -0.2) is 4.79 Å². The molecule has 0 aromatic rings. The van der Waals surface area contributed by atoms with Crippen LogP contribution in [0.1, 0.15) is 85.0 Å². The van der Waals surface area contributed by atoms with Gasteiger partial charge in [0.25, 0.3) is 5.91 Å². The van der Waals surface area contributed by atoms with Gasteiger partial charge in [-0.05, 0) is 44.4 Å². The van der Waals surface area contributed by atoms with Crippen LogP contribution in [-0.2, 0) is 38.1 Å². The van der Waals surface area contributed by atoms with E-state index in [9.17, 15) is 44.7 Å². The second kappa shape index (κ2) is 24.1. The summed E-state index contributed by atoms with van der Waals surface area (Å²) < 4.78 is 31.8. The molecule has 20 heteroatoms. The van der Waals surface area contributed by atoms with Crippen molar-refractivity contribution in [1.82, 2.24) is 31.5 Å². The monoisotopic (exact) mass is 882 g/mol. The molecule has 3 aliphatic heterocycles. The number of likely N-dealkylation sites (tertiary alicyclic amines) is 1. The van der Waals surface area contributed by atoms with Gasteiger partial charge < -0.3 is 80.7 Å². The second-order valence-corrected chi connectivity index (χ2v) is 17.3. The average molecular weight is 883 g/mol. The fourth-order valence-electron chi connectivity index (χ4n) is 9.20. The lowest BCUT2D eigenvalue weighted by Crippen LogP contribution is -2.67. The van der Waals surface area contributed by atoms with E-state index in [-0.39, 0.29) is 37.2 Å². The summed E-state index contributed by atoms with van der Waals surface area (Å²) in [5, 5.41) is 67.9. The number of urea groups is 1. The fraction of sp³-hybridized carbons (Fsp3) is 0.857. The molecular formula is C42H70N6O14. The van der Waals surface area contributed by atoms with Gasteiger partial charge in [-0.3, -0.25) is 14.4 Å². The molecular weight excluding hydrogens is 812 g/mol. The predicted octanol–water partition coefficient (Wildman–Crippen LogP) is -1.84. The topological polar surface area (TPSA) is 279 Å². The lowest BCUT2D eigenvalue weighted by Gasteiger charge is -2.49. The highest BCUT2D eigenvalue weighted by atomic mass is 16.7. The number of amides is 5. The van der Waals surface area contributed by atoms with E-state index in [2.05, 4.69) is 32.6 Å². The molecule has 0 aromatic heterocycles. The number of hydrogen-bond donors (Lipinski definition) is 10. The van der Waals surface area contributed by atoms with Crippen molar-refractivity contribution in [2.75, 3.05) is 45.9 Å². The van der Waals surface area contributed by atoms with Crippen LogP contribution in [-0.4, -0.2) is 180 Å². The summed E-state index contributed by atoms with van der Waals surface area (Å²) in [5.41, 5.74) is 0. The van der Waals surface area contributed by atoms with Gasteiger partial charge in [0, 0.05) is 58.2 Å². The molecule has 5 fully saturated rings. The summed E-state index contributed by atoms with van der Waals surface area (Å²) >= 11 is 0. The standard InChI is InChI=1S/C42H70N6O14/c1-5-26-20-27(38(55)44-15-16-46-42(57)45-14-13-43-6-2)21-28(36(26)62-41-35(54)34(53)32(51)23(3)58-41)60-40-31(47-24(4)50)37(33(52)30(22-49)61-40)59-29(39(56)48-17-10-18-48)19-25-11-8-7-9-12-25/h2,23,25-37,40-41,43,49,51-54H,5,7-22H2,1,3-4H3,(H,44,55)(H,47,50)(H2,45,46,57)/t23-,26-,27+,28+,29-,30+,31+,32+,33-,34+,35-,36+,37+,40+,41-/m0/s1. The Bertz CT molecular complexity index is 1500. The largest absolute Gasteiger partial charge is 0.394 e. The van der Waals surface area contributed by atoms with E-state index in [0.717, 1.165) is 38.5 Å². The maximum Gasteiger partial charge on any atom is 0.314 e. The van der Waals surface area contributed by atoms with Crippen molar-refractivity contribution in [3.8, 4) is 12.5 Å². The Hall–Kier alpha value is -3.36. The predicted molar refractivity (Wildman–Crippen MR) is 220 cm³/mol. The van der Waals surface area contributed by atoms with Crippen LogP contribution < -0.4 is 26.6 Å². The lowest BCUT2D eigenvalue weighted by molar-refractivity contribution is -0.338. The second-order valence-electron chi connectivity index (χ2n) is 17.3. The van der Waals surface area contributed by atoms with Crippen LogP contribution in [0, 0.1) is 30.2 Å². The van der Waals surface area contributed by atoms with Crippen molar-refractivity contribution in [2.45, 2.75) is 165 Å². The minimum atomic E-state index is -1.64. The van der Waals surface area contributed by atoms with E-state index in [1.807, 2.05) is 6.92 Å². The van der Waals surface area contributed by atoms with Gasteiger partial charge in [-0.2, -0.15) is 0 Å². The van der Waals surface area contributed by atoms with Crippen LogP contribution in [0.3, 0.4) is 0 Å². The lowest BCUT2D eigenvalue weighted by atomic mass is 9.75. The van der Waals surface area contributed by atoms with Crippen molar-refractivity contribution in [3.05, 3.63) is 0 Å². The molecule has 15 atom stereocenters. The minimum Gasteiger partial charge on any atom is -0.394 e. The first kappa shape index (κ1) is 49.7. The van der Waals surface area contributed by atoms with Crippen LogP contribution in [0.2, 0.25) is 0 Å². The Balaban J connectivity index is 1.39. The molecule has 0 radical (unpaired) electrons. The Kier molecular flexibility index (Phi) is 19.3. The number of rotatable bonds is 19. The van der Waals surface area contributed by atoms with Gasteiger partial charge >= 0.3 is 6.03 Å². The molecule has 3 heterocycles. The zero-order chi connectivity index (χ0) is 44.9. The Morgan fingerprint density at radius 1 is 0.839 bits per heavy atom. The molecule has 0 aromatic carbocycles. The van der Waals surface area contributed by atoms with Gasteiger partial charge in [0.1, 0.15) is 48.8 Å². The first-order chi connectivity index (χ1) is 29.8. The first-order valence-electron chi connectivity index (χ1n) is 22.4. The van der Waals surface area contributed by atoms with Crippen LogP contribution in [0.5, 0.6) is 0 Å². The number of hydrogen-bond acceptors (Lipinski definition) is 15. The van der Waals surface area contributed by atoms with Crippen molar-refractivity contribution >= 4 is 23.8 Å². The van der Waals surface area contributed by atoms with E-state index >= 15 is 0 Å². The first-order valence-corrected chi connectivity index (χ1v) is 22.4. The Morgan fingerprint density at radius 3 is 2.16 bits per heavy atom.